The Morgan fingerprint density at radius 2 is 2.12 bits per heavy atom. The summed E-state index contributed by atoms with van der Waals surface area (Å²) < 4.78 is 42.4. The zero-order valence-electron chi connectivity index (χ0n) is 13.3. The molecular weight excluding hydrogens is 373 g/mol. The van der Waals surface area contributed by atoms with Crippen LogP contribution in [0.4, 0.5) is 10.1 Å². The minimum Gasteiger partial charge on any atom is -0.455 e. The van der Waals surface area contributed by atoms with Gasteiger partial charge in [0.1, 0.15) is 16.5 Å². The number of nitrogens with one attached hydrogen (secondary N) is 2. The molecule has 1 aliphatic heterocycles. The number of fused-ring (bicyclic) bond motifs is 1. The molecule has 1 amide bonds. The molecule has 0 atom stereocenters. The van der Waals surface area contributed by atoms with Crippen molar-refractivity contribution >= 4 is 34.0 Å². The maximum atomic E-state index is 14.5. The highest BCUT2D eigenvalue weighted by Crippen LogP contribution is 2.26. The number of carbonyl (C=O) groups excluding carboxylic acids is 1. The minimum absolute atomic E-state index is 0. The third-order valence-corrected chi connectivity index (χ3v) is 4.88. The molecule has 1 aromatic carbocycles. The molecule has 0 aliphatic carbocycles. The van der Waals surface area contributed by atoms with E-state index in [0.717, 1.165) is 11.6 Å². The number of primary sulfonamides is 1. The van der Waals surface area contributed by atoms with Gasteiger partial charge in [-0.1, -0.05) is 6.07 Å². The van der Waals surface area contributed by atoms with E-state index in [1.165, 1.54) is 13.0 Å². The molecule has 2 heterocycles. The van der Waals surface area contributed by atoms with E-state index >= 15 is 0 Å². The van der Waals surface area contributed by atoms with E-state index in [4.69, 9.17) is 9.56 Å². The van der Waals surface area contributed by atoms with Crippen LogP contribution in [0.25, 0.3) is 0 Å². The SMILES string of the molecule is Cc1oc(C(=O)Nc2ccc3c(c2F)CCNC3)cc1S(N)(=O)=O.Cl. The second-order valence-electron chi connectivity index (χ2n) is 5.52. The van der Waals surface area contributed by atoms with Crippen LogP contribution in [-0.4, -0.2) is 20.9 Å². The van der Waals surface area contributed by atoms with Gasteiger partial charge in [-0.3, -0.25) is 4.79 Å². The number of furan rings is 1. The number of halogens is 2. The summed E-state index contributed by atoms with van der Waals surface area (Å²) >= 11 is 0. The van der Waals surface area contributed by atoms with Crippen LogP contribution in [0.1, 0.15) is 27.4 Å². The fraction of sp³-hybridized carbons (Fsp3) is 0.267. The molecule has 0 unspecified atom stereocenters. The average Bonchev–Trinajstić information content (AvgIpc) is 2.92. The summed E-state index contributed by atoms with van der Waals surface area (Å²) in [5.74, 6) is -1.49. The summed E-state index contributed by atoms with van der Waals surface area (Å²) in [6.45, 7) is 2.62. The Morgan fingerprint density at radius 3 is 2.76 bits per heavy atom. The number of sulfonamides is 1. The smallest absolute Gasteiger partial charge is 0.291 e. The van der Waals surface area contributed by atoms with Crippen LogP contribution in [-0.2, 0) is 23.0 Å². The zero-order chi connectivity index (χ0) is 17.5. The minimum atomic E-state index is -3.99. The lowest BCUT2D eigenvalue weighted by molar-refractivity contribution is 0.0995. The van der Waals surface area contributed by atoms with E-state index in [-0.39, 0.29) is 34.5 Å². The largest absolute Gasteiger partial charge is 0.455 e. The Bertz CT molecular complexity index is 927. The second-order valence-corrected chi connectivity index (χ2v) is 7.05. The van der Waals surface area contributed by atoms with Crippen molar-refractivity contribution in [1.82, 2.24) is 5.32 Å². The predicted octanol–water partition coefficient (Wildman–Crippen LogP) is 1.69. The van der Waals surface area contributed by atoms with Crippen molar-refractivity contribution in [1.29, 1.82) is 0 Å². The summed E-state index contributed by atoms with van der Waals surface area (Å²) in [4.78, 5) is 11.9. The number of hydrogen-bond acceptors (Lipinski definition) is 5. The van der Waals surface area contributed by atoms with Gasteiger partial charge in [-0.05, 0) is 37.1 Å². The number of benzene rings is 1. The number of amides is 1. The molecule has 10 heteroatoms. The van der Waals surface area contributed by atoms with Gasteiger partial charge in [0.05, 0.1) is 5.69 Å². The van der Waals surface area contributed by atoms with Crippen molar-refractivity contribution in [2.75, 3.05) is 11.9 Å². The van der Waals surface area contributed by atoms with E-state index in [1.807, 2.05) is 0 Å². The van der Waals surface area contributed by atoms with E-state index in [9.17, 15) is 17.6 Å². The zero-order valence-corrected chi connectivity index (χ0v) is 14.9. The number of hydrogen-bond donors (Lipinski definition) is 3. The molecule has 0 saturated heterocycles. The highest BCUT2D eigenvalue weighted by Gasteiger charge is 2.23. The van der Waals surface area contributed by atoms with Crippen molar-refractivity contribution in [3.8, 4) is 0 Å². The van der Waals surface area contributed by atoms with Gasteiger partial charge >= 0.3 is 0 Å². The van der Waals surface area contributed by atoms with Gasteiger partial charge in [0.2, 0.25) is 10.0 Å². The van der Waals surface area contributed by atoms with Gasteiger partial charge in [-0.2, -0.15) is 0 Å². The van der Waals surface area contributed by atoms with E-state index < -0.39 is 21.7 Å². The molecular formula is C15H17ClFN3O4S. The quantitative estimate of drug-likeness (QED) is 0.739. The molecule has 3 rings (SSSR count). The lowest BCUT2D eigenvalue weighted by atomic mass is 9.99. The van der Waals surface area contributed by atoms with Gasteiger partial charge in [-0.15, -0.1) is 12.4 Å². The third-order valence-electron chi connectivity index (χ3n) is 3.86. The predicted molar refractivity (Wildman–Crippen MR) is 91.8 cm³/mol. The first kappa shape index (κ1) is 19.4. The maximum absolute atomic E-state index is 14.5. The van der Waals surface area contributed by atoms with Crippen LogP contribution in [0, 0.1) is 12.7 Å². The fourth-order valence-corrected chi connectivity index (χ4v) is 3.39. The van der Waals surface area contributed by atoms with Crippen molar-refractivity contribution in [3.05, 3.63) is 46.7 Å². The molecule has 0 spiro atoms. The van der Waals surface area contributed by atoms with E-state index in [1.54, 1.807) is 6.07 Å². The topological polar surface area (TPSA) is 114 Å². The third kappa shape index (κ3) is 3.84. The second kappa shape index (κ2) is 7.12. The molecule has 0 fully saturated rings. The van der Waals surface area contributed by atoms with Gasteiger partial charge < -0.3 is 15.1 Å². The van der Waals surface area contributed by atoms with Crippen molar-refractivity contribution in [2.45, 2.75) is 24.8 Å². The Hall–Kier alpha value is -1.94. The van der Waals surface area contributed by atoms with Gasteiger partial charge in [0.25, 0.3) is 5.91 Å². The Kier molecular flexibility index (Phi) is 5.52. The van der Waals surface area contributed by atoms with Crippen LogP contribution in [0.15, 0.2) is 27.5 Å². The Balaban J connectivity index is 0.00000225. The van der Waals surface area contributed by atoms with Crippen LogP contribution in [0.2, 0.25) is 0 Å². The number of carbonyl (C=O) groups is 1. The average molecular weight is 390 g/mol. The first-order chi connectivity index (χ1) is 11.3. The van der Waals surface area contributed by atoms with Gasteiger partial charge in [0.15, 0.2) is 5.76 Å². The summed E-state index contributed by atoms with van der Waals surface area (Å²) in [5.41, 5.74) is 1.43. The molecule has 136 valence electrons. The van der Waals surface area contributed by atoms with Crippen LogP contribution in [0.3, 0.4) is 0 Å². The Morgan fingerprint density at radius 1 is 1.40 bits per heavy atom. The van der Waals surface area contributed by atoms with Crippen LogP contribution < -0.4 is 15.8 Å². The first-order valence-corrected chi connectivity index (χ1v) is 8.77. The van der Waals surface area contributed by atoms with Crippen molar-refractivity contribution < 1.29 is 22.0 Å². The van der Waals surface area contributed by atoms with E-state index in [0.29, 0.717) is 25.1 Å². The Labute approximate surface area is 150 Å². The van der Waals surface area contributed by atoms with Crippen LogP contribution >= 0.6 is 12.4 Å². The molecule has 7 nitrogen and oxygen atoms in total. The molecule has 2 aromatic rings. The monoisotopic (exact) mass is 389 g/mol. The van der Waals surface area contributed by atoms with Gasteiger partial charge in [-0.25, -0.2) is 17.9 Å². The number of rotatable bonds is 3. The first-order valence-electron chi connectivity index (χ1n) is 7.23. The molecule has 1 aliphatic rings. The molecule has 25 heavy (non-hydrogen) atoms. The molecule has 0 saturated carbocycles. The lowest BCUT2D eigenvalue weighted by Gasteiger charge is -2.19. The van der Waals surface area contributed by atoms with Crippen molar-refractivity contribution in [3.63, 3.8) is 0 Å². The fourth-order valence-electron chi connectivity index (χ4n) is 2.67. The highest BCUT2D eigenvalue weighted by atomic mass is 35.5. The van der Waals surface area contributed by atoms with Gasteiger partial charge in [0, 0.05) is 12.6 Å². The molecule has 0 bridgehead atoms. The molecule has 4 N–H and O–H groups in total. The summed E-state index contributed by atoms with van der Waals surface area (Å²) in [6, 6.07) is 4.24. The maximum Gasteiger partial charge on any atom is 0.291 e. The van der Waals surface area contributed by atoms with Crippen molar-refractivity contribution in [2.24, 2.45) is 5.14 Å². The lowest BCUT2D eigenvalue weighted by Crippen LogP contribution is -2.25. The molecule has 1 aromatic heterocycles. The number of nitrogens with two attached hydrogens (primary N) is 1. The molecule has 0 radical (unpaired) electrons. The standard InChI is InChI=1S/C15H16FN3O4S.ClH/c1-8-13(24(17,21)22)6-12(23-8)15(20)19-11-3-2-9-7-18-5-4-10(9)14(11)16;/h2-3,6,18H,4-5,7H2,1H3,(H,19,20)(H2,17,21,22);1H. The number of aryl methyl sites for hydroxylation is 1. The summed E-state index contributed by atoms with van der Waals surface area (Å²) in [5, 5.41) is 10.6. The summed E-state index contributed by atoms with van der Waals surface area (Å²) in [6.07, 6.45) is 0.528. The number of anilines is 1. The van der Waals surface area contributed by atoms with E-state index in [2.05, 4.69) is 10.6 Å². The van der Waals surface area contributed by atoms with Crippen LogP contribution in [0.5, 0.6) is 0 Å². The summed E-state index contributed by atoms with van der Waals surface area (Å²) in [7, 11) is -3.99. The highest BCUT2D eigenvalue weighted by molar-refractivity contribution is 7.89. The normalized spacial score (nSPS) is 13.7.